The molecule has 0 spiro atoms. The van der Waals surface area contributed by atoms with Gasteiger partial charge in [-0.2, -0.15) is 0 Å². The smallest absolute Gasteiger partial charge is 0.256 e. The molecule has 0 unspecified atom stereocenters. The summed E-state index contributed by atoms with van der Waals surface area (Å²) in [5, 5.41) is 0.224. The Morgan fingerprint density at radius 2 is 2.19 bits per heavy atom. The zero-order chi connectivity index (χ0) is 12.3. The number of carbonyl (C=O) groups excluding carboxylic acids is 1. The van der Waals surface area contributed by atoms with Crippen LogP contribution in [-0.2, 0) is 4.79 Å². The molecule has 0 saturated heterocycles. The molecule has 0 aromatic rings. The van der Waals surface area contributed by atoms with Gasteiger partial charge in [0.15, 0.2) is 0 Å². The lowest BCUT2D eigenvalue weighted by Crippen LogP contribution is -2.38. The van der Waals surface area contributed by atoms with Gasteiger partial charge in [-0.25, -0.2) is 0 Å². The Morgan fingerprint density at radius 3 is 2.62 bits per heavy atom. The molecule has 0 N–H and O–H groups in total. The Kier molecular flexibility index (Phi) is 4.54. The van der Waals surface area contributed by atoms with Crippen molar-refractivity contribution in [3.63, 3.8) is 0 Å². The Morgan fingerprint density at radius 1 is 1.62 bits per heavy atom. The summed E-state index contributed by atoms with van der Waals surface area (Å²) in [6.07, 6.45) is 2.42. The van der Waals surface area contributed by atoms with Gasteiger partial charge in [-0.3, -0.25) is 9.79 Å². The van der Waals surface area contributed by atoms with Crippen LogP contribution >= 0.6 is 11.6 Å². The number of likely N-dealkylation sites (N-methyl/N-ethyl adjacent to an activating group) is 1. The van der Waals surface area contributed by atoms with Gasteiger partial charge in [0.05, 0.1) is 5.57 Å². The molecule has 0 bridgehead atoms. The van der Waals surface area contributed by atoms with Gasteiger partial charge in [0.2, 0.25) is 0 Å². The number of hydrogen-bond donors (Lipinski definition) is 0. The van der Waals surface area contributed by atoms with E-state index in [1.54, 1.807) is 11.9 Å². The minimum absolute atomic E-state index is 0.124. The van der Waals surface area contributed by atoms with Crippen molar-refractivity contribution in [2.75, 3.05) is 13.6 Å². The maximum Gasteiger partial charge on any atom is 0.256 e. The highest BCUT2D eigenvalue weighted by atomic mass is 35.5. The van der Waals surface area contributed by atoms with Gasteiger partial charge in [0, 0.05) is 19.6 Å². The highest BCUT2D eigenvalue weighted by molar-refractivity contribution is 6.72. The highest BCUT2D eigenvalue weighted by Crippen LogP contribution is 2.35. The maximum absolute atomic E-state index is 12.0. The zero-order valence-electron chi connectivity index (χ0n) is 10.2. The van der Waals surface area contributed by atoms with Crippen molar-refractivity contribution in [2.45, 2.75) is 32.7 Å². The number of halogens is 1. The predicted molar refractivity (Wildman–Crippen MR) is 67.9 cm³/mol. The van der Waals surface area contributed by atoms with Crippen LogP contribution in [0.25, 0.3) is 0 Å². The third-order valence-corrected chi connectivity index (χ3v) is 3.39. The van der Waals surface area contributed by atoms with Crippen LogP contribution in [0.1, 0.15) is 26.7 Å². The molecule has 1 rings (SSSR count). The standard InChI is InChI=1S/C12H19ClN2O/c1-5-14-11(13)8(2)12(16)15(4)9(3)10-6-7-10/h9-10H,2,5-7H2,1,3-4H3/b14-11+/t9-/m0/s1. The molecule has 90 valence electrons. The highest BCUT2D eigenvalue weighted by Gasteiger charge is 2.33. The Bertz CT molecular complexity index is 321. The molecular formula is C12H19ClN2O. The molecule has 0 aromatic carbocycles. The first-order valence-electron chi connectivity index (χ1n) is 5.65. The van der Waals surface area contributed by atoms with Crippen LogP contribution < -0.4 is 0 Å². The van der Waals surface area contributed by atoms with Gasteiger partial charge < -0.3 is 4.90 Å². The van der Waals surface area contributed by atoms with Crippen LogP contribution in [0.5, 0.6) is 0 Å². The van der Waals surface area contributed by atoms with Crippen LogP contribution in [-0.4, -0.2) is 35.6 Å². The molecule has 1 saturated carbocycles. The largest absolute Gasteiger partial charge is 0.339 e. The third kappa shape index (κ3) is 3.08. The summed E-state index contributed by atoms with van der Waals surface area (Å²) in [6, 6.07) is 0.260. The zero-order valence-corrected chi connectivity index (χ0v) is 10.9. The van der Waals surface area contributed by atoms with Crippen molar-refractivity contribution < 1.29 is 4.79 Å². The number of aliphatic imine (C=N–C) groups is 1. The van der Waals surface area contributed by atoms with E-state index in [2.05, 4.69) is 18.5 Å². The Balaban J connectivity index is 2.62. The molecule has 1 atom stereocenters. The third-order valence-electron chi connectivity index (χ3n) is 3.04. The summed E-state index contributed by atoms with van der Waals surface area (Å²) in [6.45, 7) is 8.20. The number of amides is 1. The molecule has 16 heavy (non-hydrogen) atoms. The molecule has 3 nitrogen and oxygen atoms in total. The SMILES string of the molecule is C=C(C(=O)N(C)[C@@H](C)C1CC1)/C(Cl)=N\CC. The normalized spacial score (nSPS) is 18.1. The Hall–Kier alpha value is -0.830. The van der Waals surface area contributed by atoms with Crippen molar-refractivity contribution in [1.82, 2.24) is 4.90 Å². The van der Waals surface area contributed by atoms with Gasteiger partial charge in [0.1, 0.15) is 5.17 Å². The van der Waals surface area contributed by atoms with E-state index in [9.17, 15) is 4.79 Å². The average Bonchev–Trinajstić information content (AvgIpc) is 3.09. The van der Waals surface area contributed by atoms with Gasteiger partial charge in [0.25, 0.3) is 5.91 Å². The molecule has 1 aliphatic rings. The number of hydrogen-bond acceptors (Lipinski definition) is 2. The van der Waals surface area contributed by atoms with E-state index in [4.69, 9.17) is 11.6 Å². The van der Waals surface area contributed by atoms with E-state index in [0.29, 0.717) is 18.0 Å². The lowest BCUT2D eigenvalue weighted by Gasteiger charge is -2.25. The second kappa shape index (κ2) is 5.48. The molecule has 1 fully saturated rings. The fourth-order valence-electron chi connectivity index (χ4n) is 1.62. The fourth-order valence-corrected chi connectivity index (χ4v) is 1.82. The van der Waals surface area contributed by atoms with Gasteiger partial charge in [-0.15, -0.1) is 0 Å². The van der Waals surface area contributed by atoms with E-state index in [1.807, 2.05) is 6.92 Å². The second-order valence-electron chi connectivity index (χ2n) is 4.24. The lowest BCUT2D eigenvalue weighted by atomic mass is 10.1. The van der Waals surface area contributed by atoms with Crippen LogP contribution in [0.2, 0.25) is 0 Å². The minimum Gasteiger partial charge on any atom is -0.339 e. The van der Waals surface area contributed by atoms with Crippen LogP contribution in [0.3, 0.4) is 0 Å². The molecule has 1 aliphatic carbocycles. The van der Waals surface area contributed by atoms with Crippen molar-refractivity contribution in [3.05, 3.63) is 12.2 Å². The van der Waals surface area contributed by atoms with Gasteiger partial charge in [-0.05, 0) is 32.6 Å². The quantitative estimate of drug-likeness (QED) is 0.539. The maximum atomic E-state index is 12.0. The summed E-state index contributed by atoms with van der Waals surface area (Å²) in [7, 11) is 1.80. The molecule has 1 amide bonds. The van der Waals surface area contributed by atoms with Crippen LogP contribution in [0, 0.1) is 5.92 Å². The van der Waals surface area contributed by atoms with Gasteiger partial charge in [-0.1, -0.05) is 18.2 Å². The summed E-state index contributed by atoms with van der Waals surface area (Å²) in [4.78, 5) is 17.7. The van der Waals surface area contributed by atoms with Crippen molar-refractivity contribution in [3.8, 4) is 0 Å². The average molecular weight is 243 g/mol. The molecular weight excluding hydrogens is 224 g/mol. The van der Waals surface area contributed by atoms with Crippen molar-refractivity contribution >= 4 is 22.7 Å². The number of nitrogens with zero attached hydrogens (tertiary/aromatic N) is 2. The summed E-state index contributed by atoms with van der Waals surface area (Å²) >= 11 is 5.87. The molecule has 0 heterocycles. The summed E-state index contributed by atoms with van der Waals surface area (Å²) < 4.78 is 0. The van der Waals surface area contributed by atoms with Gasteiger partial charge >= 0.3 is 0 Å². The number of carbonyl (C=O) groups is 1. The van der Waals surface area contributed by atoms with Crippen molar-refractivity contribution in [2.24, 2.45) is 10.9 Å². The first-order chi connectivity index (χ1) is 7.49. The summed E-state index contributed by atoms with van der Waals surface area (Å²) in [5.41, 5.74) is 0.290. The number of rotatable bonds is 5. The topological polar surface area (TPSA) is 32.7 Å². The molecule has 0 aliphatic heterocycles. The van der Waals surface area contributed by atoms with E-state index < -0.39 is 0 Å². The molecule has 0 radical (unpaired) electrons. The van der Waals surface area contributed by atoms with Crippen LogP contribution in [0.4, 0.5) is 0 Å². The van der Waals surface area contributed by atoms with E-state index in [1.165, 1.54) is 12.8 Å². The minimum atomic E-state index is -0.124. The van der Waals surface area contributed by atoms with E-state index in [0.717, 1.165) is 0 Å². The Labute approximate surface area is 102 Å². The summed E-state index contributed by atoms with van der Waals surface area (Å²) in [5.74, 6) is 0.519. The first-order valence-corrected chi connectivity index (χ1v) is 6.03. The second-order valence-corrected chi connectivity index (χ2v) is 4.60. The fraction of sp³-hybridized carbons (Fsp3) is 0.667. The molecule has 0 aromatic heterocycles. The molecule has 4 heteroatoms. The monoisotopic (exact) mass is 242 g/mol. The van der Waals surface area contributed by atoms with E-state index >= 15 is 0 Å². The lowest BCUT2D eigenvalue weighted by molar-refractivity contribution is -0.127. The van der Waals surface area contributed by atoms with E-state index in [-0.39, 0.29) is 17.1 Å². The first kappa shape index (κ1) is 13.2. The van der Waals surface area contributed by atoms with Crippen molar-refractivity contribution in [1.29, 1.82) is 0 Å². The van der Waals surface area contributed by atoms with Crippen LogP contribution in [0.15, 0.2) is 17.1 Å². The predicted octanol–water partition coefficient (Wildman–Crippen LogP) is 2.46.